The molecule has 0 saturated heterocycles. The summed E-state index contributed by atoms with van der Waals surface area (Å²) in [6.45, 7) is 12.2. The first kappa shape index (κ1) is 15.0. The Morgan fingerprint density at radius 3 is 2.50 bits per heavy atom. The van der Waals surface area contributed by atoms with Gasteiger partial charge in [0, 0.05) is 18.3 Å². The first-order valence-electron chi connectivity index (χ1n) is 7.27. The number of anilines is 1. The Morgan fingerprint density at radius 2 is 1.89 bits per heavy atom. The van der Waals surface area contributed by atoms with Crippen LogP contribution in [0.2, 0.25) is 0 Å². The molecule has 1 unspecified atom stereocenters. The predicted octanol–water partition coefficient (Wildman–Crippen LogP) is 4.13. The minimum atomic E-state index is 0.554. The fourth-order valence-corrected chi connectivity index (χ4v) is 2.25. The fraction of sp³-hybridized carbons (Fsp3) is 0.625. The van der Waals surface area contributed by atoms with Crippen LogP contribution in [0.15, 0.2) is 24.3 Å². The third kappa shape index (κ3) is 5.09. The molecule has 0 amide bonds. The first-order chi connectivity index (χ1) is 8.69. The van der Waals surface area contributed by atoms with Gasteiger partial charge in [0.2, 0.25) is 0 Å². The topological polar surface area (TPSA) is 15.3 Å². The molecule has 0 saturated carbocycles. The van der Waals surface area contributed by atoms with E-state index in [1.807, 2.05) is 0 Å². The number of rotatable bonds is 8. The Bertz CT molecular complexity index is 332. The molecule has 0 bridgehead atoms. The lowest BCUT2D eigenvalue weighted by molar-refractivity contribution is 0.296. The summed E-state index contributed by atoms with van der Waals surface area (Å²) in [5.41, 5.74) is 2.65. The minimum absolute atomic E-state index is 0.554. The monoisotopic (exact) mass is 248 g/mol. The molecule has 1 aromatic carbocycles. The quantitative estimate of drug-likeness (QED) is 0.744. The summed E-state index contributed by atoms with van der Waals surface area (Å²) in [5.74, 6) is 0. The van der Waals surface area contributed by atoms with E-state index in [1.54, 1.807) is 0 Å². The zero-order valence-electron chi connectivity index (χ0n) is 12.4. The molecule has 0 aromatic heterocycles. The van der Waals surface area contributed by atoms with E-state index in [-0.39, 0.29) is 0 Å². The van der Waals surface area contributed by atoms with Crippen molar-refractivity contribution in [3.05, 3.63) is 29.8 Å². The van der Waals surface area contributed by atoms with Crippen LogP contribution in [-0.4, -0.2) is 24.0 Å². The van der Waals surface area contributed by atoms with Crippen LogP contribution in [0.4, 0.5) is 5.69 Å². The van der Waals surface area contributed by atoms with Gasteiger partial charge >= 0.3 is 0 Å². The van der Waals surface area contributed by atoms with E-state index in [4.69, 9.17) is 0 Å². The number of benzene rings is 1. The minimum Gasteiger partial charge on any atom is -0.383 e. The van der Waals surface area contributed by atoms with Crippen molar-refractivity contribution >= 4 is 5.69 Å². The predicted molar refractivity (Wildman–Crippen MR) is 81.1 cm³/mol. The maximum atomic E-state index is 3.57. The summed E-state index contributed by atoms with van der Waals surface area (Å²) in [5, 5.41) is 3.57. The number of nitrogens with one attached hydrogen (secondary N) is 1. The summed E-state index contributed by atoms with van der Waals surface area (Å²) in [4.78, 5) is 2.44. The average molecular weight is 248 g/mol. The van der Waals surface area contributed by atoms with Crippen LogP contribution >= 0.6 is 0 Å². The fourth-order valence-electron chi connectivity index (χ4n) is 2.25. The van der Waals surface area contributed by atoms with E-state index < -0.39 is 0 Å². The van der Waals surface area contributed by atoms with Gasteiger partial charge in [-0.3, -0.25) is 4.90 Å². The number of nitrogens with zero attached hydrogens (tertiary/aromatic N) is 1. The Labute approximate surface area is 112 Å². The molecule has 0 aliphatic rings. The van der Waals surface area contributed by atoms with Gasteiger partial charge in [-0.2, -0.15) is 0 Å². The second-order valence-corrected chi connectivity index (χ2v) is 5.00. The van der Waals surface area contributed by atoms with Crippen molar-refractivity contribution in [1.29, 1.82) is 0 Å². The Kier molecular flexibility index (Phi) is 6.81. The second-order valence-electron chi connectivity index (χ2n) is 5.00. The molecular formula is C16H28N2. The van der Waals surface area contributed by atoms with Crippen molar-refractivity contribution in [2.75, 3.05) is 18.4 Å². The van der Waals surface area contributed by atoms with Gasteiger partial charge in [0.15, 0.2) is 0 Å². The van der Waals surface area contributed by atoms with Crippen LogP contribution in [0, 0.1) is 0 Å². The van der Waals surface area contributed by atoms with Crippen LogP contribution in [0.25, 0.3) is 0 Å². The van der Waals surface area contributed by atoms with Gasteiger partial charge in [-0.05, 0) is 44.1 Å². The van der Waals surface area contributed by atoms with E-state index in [9.17, 15) is 0 Å². The van der Waals surface area contributed by atoms with E-state index >= 15 is 0 Å². The highest BCUT2D eigenvalue weighted by atomic mass is 15.1. The van der Waals surface area contributed by atoms with E-state index in [2.05, 4.69) is 62.2 Å². The standard InChI is InChI=1S/C16H28N2/c1-5-9-14(4)17-16-11-8-10-15(12-16)13-18(6-2)7-3/h8,10-12,14,17H,5-7,9,13H2,1-4H3. The van der Waals surface area contributed by atoms with Crippen molar-refractivity contribution in [1.82, 2.24) is 4.90 Å². The molecule has 2 heteroatoms. The van der Waals surface area contributed by atoms with Gasteiger partial charge in [-0.15, -0.1) is 0 Å². The van der Waals surface area contributed by atoms with Crippen molar-refractivity contribution in [3.8, 4) is 0 Å². The molecule has 1 aromatic rings. The number of hydrogen-bond donors (Lipinski definition) is 1. The summed E-state index contributed by atoms with van der Waals surface area (Å²) in [6.07, 6.45) is 2.45. The van der Waals surface area contributed by atoms with Crippen LogP contribution < -0.4 is 5.32 Å². The van der Waals surface area contributed by atoms with Crippen molar-refractivity contribution in [3.63, 3.8) is 0 Å². The molecule has 0 spiro atoms. The smallest absolute Gasteiger partial charge is 0.0345 e. The van der Waals surface area contributed by atoms with Crippen LogP contribution in [0.3, 0.4) is 0 Å². The normalized spacial score (nSPS) is 12.7. The molecule has 18 heavy (non-hydrogen) atoms. The molecule has 0 radical (unpaired) electrons. The molecule has 0 fully saturated rings. The summed E-state index contributed by atoms with van der Waals surface area (Å²) in [7, 11) is 0. The zero-order valence-corrected chi connectivity index (χ0v) is 12.4. The van der Waals surface area contributed by atoms with Gasteiger partial charge in [-0.1, -0.05) is 39.3 Å². The van der Waals surface area contributed by atoms with E-state index in [1.165, 1.54) is 24.1 Å². The van der Waals surface area contributed by atoms with Crippen molar-refractivity contribution in [2.45, 2.75) is 53.1 Å². The maximum Gasteiger partial charge on any atom is 0.0345 e. The molecular weight excluding hydrogens is 220 g/mol. The highest BCUT2D eigenvalue weighted by molar-refractivity contribution is 5.46. The molecule has 2 nitrogen and oxygen atoms in total. The Balaban J connectivity index is 2.61. The van der Waals surface area contributed by atoms with Crippen LogP contribution in [0.5, 0.6) is 0 Å². The van der Waals surface area contributed by atoms with Gasteiger partial charge in [-0.25, -0.2) is 0 Å². The highest BCUT2D eigenvalue weighted by Gasteiger charge is 2.04. The van der Waals surface area contributed by atoms with Gasteiger partial charge in [0.1, 0.15) is 0 Å². The van der Waals surface area contributed by atoms with Gasteiger partial charge in [0.05, 0.1) is 0 Å². The third-order valence-corrected chi connectivity index (χ3v) is 3.36. The maximum absolute atomic E-state index is 3.57. The third-order valence-electron chi connectivity index (χ3n) is 3.36. The molecule has 1 N–H and O–H groups in total. The summed E-state index contributed by atoms with van der Waals surface area (Å²) in [6, 6.07) is 9.37. The highest BCUT2D eigenvalue weighted by Crippen LogP contribution is 2.14. The molecule has 0 aliphatic heterocycles. The summed E-state index contributed by atoms with van der Waals surface area (Å²) < 4.78 is 0. The van der Waals surface area contributed by atoms with E-state index in [0.29, 0.717) is 6.04 Å². The Morgan fingerprint density at radius 1 is 1.17 bits per heavy atom. The zero-order chi connectivity index (χ0) is 13.4. The van der Waals surface area contributed by atoms with E-state index in [0.717, 1.165) is 19.6 Å². The second kappa shape index (κ2) is 8.15. The Hall–Kier alpha value is -1.02. The lowest BCUT2D eigenvalue weighted by atomic mass is 10.1. The van der Waals surface area contributed by atoms with Crippen LogP contribution in [0.1, 0.15) is 46.1 Å². The largest absolute Gasteiger partial charge is 0.383 e. The van der Waals surface area contributed by atoms with Gasteiger partial charge < -0.3 is 5.32 Å². The summed E-state index contributed by atoms with van der Waals surface area (Å²) >= 11 is 0. The SMILES string of the molecule is CCCC(C)Nc1cccc(CN(CC)CC)c1. The molecule has 0 aliphatic carbocycles. The van der Waals surface area contributed by atoms with Crippen molar-refractivity contribution < 1.29 is 0 Å². The van der Waals surface area contributed by atoms with Gasteiger partial charge in [0.25, 0.3) is 0 Å². The average Bonchev–Trinajstić information content (AvgIpc) is 2.36. The molecule has 0 heterocycles. The first-order valence-corrected chi connectivity index (χ1v) is 7.27. The lowest BCUT2D eigenvalue weighted by Crippen LogP contribution is -2.22. The van der Waals surface area contributed by atoms with Crippen LogP contribution in [-0.2, 0) is 6.54 Å². The molecule has 102 valence electrons. The molecule has 1 rings (SSSR count). The lowest BCUT2D eigenvalue weighted by Gasteiger charge is -2.19. The van der Waals surface area contributed by atoms with Crippen molar-refractivity contribution in [2.24, 2.45) is 0 Å². The molecule has 1 atom stereocenters. The number of hydrogen-bond acceptors (Lipinski definition) is 2.